The number of nitrogens with one attached hydrogen (secondary N) is 1. The maximum atomic E-state index is 12.8. The van der Waals surface area contributed by atoms with Crippen molar-refractivity contribution in [1.29, 1.82) is 0 Å². The van der Waals surface area contributed by atoms with Gasteiger partial charge in [0.15, 0.2) is 0 Å². The van der Waals surface area contributed by atoms with Crippen LogP contribution in [0.1, 0.15) is 29.7 Å². The fourth-order valence-corrected chi connectivity index (χ4v) is 5.37. The summed E-state index contributed by atoms with van der Waals surface area (Å²) in [4.78, 5) is 11.6. The lowest BCUT2D eigenvalue weighted by atomic mass is 10.1. The monoisotopic (exact) mass is 546 g/mol. The van der Waals surface area contributed by atoms with Crippen molar-refractivity contribution >= 4 is 50.0 Å². The molecule has 3 aromatic rings. The maximum absolute atomic E-state index is 12.8. The average Bonchev–Trinajstić information content (AvgIpc) is 3.31. The zero-order valence-corrected chi connectivity index (χ0v) is 19.4. The summed E-state index contributed by atoms with van der Waals surface area (Å²) in [6, 6.07) is 10.8. The molecule has 1 N–H and O–H groups in total. The van der Waals surface area contributed by atoms with E-state index in [1.807, 2.05) is 7.05 Å². The molecule has 1 fully saturated rings. The number of nitrogens with zero attached hydrogens (tertiary/aromatic N) is 3. The van der Waals surface area contributed by atoms with E-state index in [-0.39, 0.29) is 4.88 Å². The number of halogens is 4. The van der Waals surface area contributed by atoms with E-state index in [2.05, 4.69) is 67.0 Å². The molecule has 0 spiro atoms. The highest BCUT2D eigenvalue weighted by atomic mass is 127. The molecule has 4 nitrogen and oxygen atoms in total. The van der Waals surface area contributed by atoms with Gasteiger partial charge < -0.3 is 10.2 Å². The highest BCUT2D eigenvalue weighted by Crippen LogP contribution is 2.35. The van der Waals surface area contributed by atoms with Crippen LogP contribution in [-0.4, -0.2) is 35.3 Å². The number of thiophene rings is 1. The minimum Gasteiger partial charge on any atom is -0.356 e. The van der Waals surface area contributed by atoms with Crippen molar-refractivity contribution in [2.24, 2.45) is 0 Å². The Hall–Kier alpha value is -1.46. The Morgan fingerprint density at radius 3 is 2.70 bits per heavy atom. The Morgan fingerprint density at radius 2 is 1.97 bits per heavy atom. The van der Waals surface area contributed by atoms with E-state index < -0.39 is 12.6 Å². The number of anilines is 1. The first kappa shape index (κ1) is 21.8. The third-order valence-corrected chi connectivity index (χ3v) is 7.29. The van der Waals surface area contributed by atoms with Gasteiger partial charge in [0.2, 0.25) is 0 Å². The van der Waals surface area contributed by atoms with Crippen LogP contribution in [0.4, 0.5) is 19.0 Å². The van der Waals surface area contributed by atoms with Crippen LogP contribution in [0.3, 0.4) is 0 Å². The van der Waals surface area contributed by atoms with Crippen molar-refractivity contribution < 1.29 is 13.2 Å². The van der Waals surface area contributed by atoms with Crippen LogP contribution in [-0.2, 0) is 13.0 Å². The normalized spacial score (nSPS) is 19.5. The molecule has 0 bridgehead atoms. The predicted molar refractivity (Wildman–Crippen MR) is 123 cm³/mol. The quantitative estimate of drug-likeness (QED) is 0.412. The van der Waals surface area contributed by atoms with Gasteiger partial charge in [0, 0.05) is 34.1 Å². The van der Waals surface area contributed by atoms with Gasteiger partial charge in [0.05, 0.1) is 11.8 Å². The molecule has 30 heavy (non-hydrogen) atoms. The van der Waals surface area contributed by atoms with E-state index in [4.69, 9.17) is 0 Å². The second kappa shape index (κ2) is 8.96. The number of hydrogen-bond acceptors (Lipinski definition) is 5. The second-order valence-electron chi connectivity index (χ2n) is 7.70. The number of hydrogen-bond donors (Lipinski definition) is 1. The van der Waals surface area contributed by atoms with Gasteiger partial charge in [-0.05, 0) is 65.6 Å². The largest absolute Gasteiger partial charge is 0.393 e. The minimum absolute atomic E-state index is 0.274. The first-order valence-electron chi connectivity index (χ1n) is 9.79. The van der Waals surface area contributed by atoms with Gasteiger partial charge in [-0.25, -0.2) is 9.97 Å². The van der Waals surface area contributed by atoms with Gasteiger partial charge in [0.25, 0.3) is 0 Å². The molecular formula is C21H22F3IN4S. The molecule has 0 aliphatic heterocycles. The Kier molecular flexibility index (Phi) is 6.50. The van der Waals surface area contributed by atoms with Crippen molar-refractivity contribution in [3.05, 3.63) is 50.7 Å². The standard InChI is InChI=1S/C21H22F3IN4S/c1-29(16-7-6-15(8-16)26-11-13-2-4-14(25)5-3-13)19-18-9-17(10-21(22,23)24)30-20(18)28-12-27-19/h2-5,9,12,15-16,26H,6-8,10-11H2,1H3/t15-,16+/m0/s1. The SMILES string of the molecule is CN(c1ncnc2sc(CC(F)(F)F)cc12)[C@@H]1CC[C@H](NCc2ccc(I)cc2)C1. The fraction of sp³-hybridized carbons (Fsp3) is 0.429. The summed E-state index contributed by atoms with van der Waals surface area (Å²) in [5.41, 5.74) is 1.26. The third-order valence-electron chi connectivity index (χ3n) is 5.53. The van der Waals surface area contributed by atoms with Crippen LogP contribution in [0.15, 0.2) is 36.7 Å². The molecule has 1 aliphatic rings. The molecule has 4 rings (SSSR count). The van der Waals surface area contributed by atoms with Crippen LogP contribution >= 0.6 is 33.9 Å². The number of fused-ring (bicyclic) bond motifs is 1. The summed E-state index contributed by atoms with van der Waals surface area (Å²) in [5.74, 6) is 0.716. The van der Waals surface area contributed by atoms with Gasteiger partial charge in [-0.3, -0.25) is 0 Å². The molecule has 2 heterocycles. The van der Waals surface area contributed by atoms with Gasteiger partial charge >= 0.3 is 6.18 Å². The van der Waals surface area contributed by atoms with E-state index in [0.29, 0.717) is 28.1 Å². The van der Waals surface area contributed by atoms with Crippen molar-refractivity contribution in [3.63, 3.8) is 0 Å². The molecule has 1 saturated carbocycles. The number of rotatable bonds is 6. The Morgan fingerprint density at radius 1 is 1.20 bits per heavy atom. The molecule has 0 unspecified atom stereocenters. The van der Waals surface area contributed by atoms with Crippen LogP contribution in [0.2, 0.25) is 0 Å². The summed E-state index contributed by atoms with van der Waals surface area (Å²) >= 11 is 3.40. The summed E-state index contributed by atoms with van der Waals surface area (Å²) in [6.45, 7) is 0.834. The summed E-state index contributed by atoms with van der Waals surface area (Å²) in [6.07, 6.45) is -0.634. The molecule has 0 radical (unpaired) electrons. The highest BCUT2D eigenvalue weighted by molar-refractivity contribution is 14.1. The molecule has 9 heteroatoms. The van der Waals surface area contributed by atoms with E-state index in [9.17, 15) is 13.2 Å². The summed E-state index contributed by atoms with van der Waals surface area (Å²) < 4.78 is 39.6. The summed E-state index contributed by atoms with van der Waals surface area (Å²) in [7, 11) is 1.98. The van der Waals surface area contributed by atoms with Gasteiger partial charge in [-0.2, -0.15) is 13.2 Å². The summed E-state index contributed by atoms with van der Waals surface area (Å²) in [5, 5.41) is 4.34. The lowest BCUT2D eigenvalue weighted by Crippen LogP contribution is -2.33. The first-order chi connectivity index (χ1) is 14.3. The molecule has 1 aliphatic carbocycles. The third kappa shape index (κ3) is 5.23. The van der Waals surface area contributed by atoms with Crippen LogP contribution in [0.25, 0.3) is 10.2 Å². The number of aromatic nitrogens is 2. The Labute approximate surface area is 191 Å². The fourth-order valence-electron chi connectivity index (χ4n) is 3.99. The van der Waals surface area contributed by atoms with Crippen LogP contribution < -0.4 is 10.2 Å². The van der Waals surface area contributed by atoms with E-state index >= 15 is 0 Å². The van der Waals surface area contributed by atoms with Crippen molar-refractivity contribution in [1.82, 2.24) is 15.3 Å². The Balaban J connectivity index is 1.42. The van der Waals surface area contributed by atoms with Gasteiger partial charge in [0.1, 0.15) is 17.0 Å². The molecule has 160 valence electrons. The predicted octanol–water partition coefficient (Wildman–Crippen LogP) is 5.55. The Bertz CT molecular complexity index is 1010. The van der Waals surface area contributed by atoms with E-state index in [1.54, 1.807) is 6.07 Å². The van der Waals surface area contributed by atoms with E-state index in [0.717, 1.165) is 37.1 Å². The average molecular weight is 546 g/mol. The smallest absolute Gasteiger partial charge is 0.356 e. The van der Waals surface area contributed by atoms with E-state index in [1.165, 1.54) is 15.5 Å². The molecular weight excluding hydrogens is 524 g/mol. The van der Waals surface area contributed by atoms with Crippen molar-refractivity contribution in [2.45, 2.75) is 50.5 Å². The second-order valence-corrected chi connectivity index (χ2v) is 10.1. The van der Waals surface area contributed by atoms with Gasteiger partial charge in [-0.15, -0.1) is 11.3 Å². The van der Waals surface area contributed by atoms with Crippen LogP contribution in [0, 0.1) is 3.57 Å². The zero-order chi connectivity index (χ0) is 21.3. The lowest BCUT2D eigenvalue weighted by molar-refractivity contribution is -0.126. The number of alkyl halides is 3. The zero-order valence-electron chi connectivity index (χ0n) is 16.4. The minimum atomic E-state index is -4.22. The molecule has 1 aromatic carbocycles. The van der Waals surface area contributed by atoms with Gasteiger partial charge in [-0.1, -0.05) is 12.1 Å². The highest BCUT2D eigenvalue weighted by Gasteiger charge is 2.31. The van der Waals surface area contributed by atoms with Crippen molar-refractivity contribution in [2.75, 3.05) is 11.9 Å². The van der Waals surface area contributed by atoms with Crippen LogP contribution in [0.5, 0.6) is 0 Å². The van der Waals surface area contributed by atoms with Crippen molar-refractivity contribution in [3.8, 4) is 0 Å². The molecule has 0 saturated heterocycles. The molecule has 0 amide bonds. The first-order valence-corrected chi connectivity index (χ1v) is 11.7. The number of benzene rings is 1. The molecule has 2 aromatic heterocycles. The molecule has 2 atom stereocenters. The lowest BCUT2D eigenvalue weighted by Gasteiger charge is -2.26. The topological polar surface area (TPSA) is 41.1 Å². The maximum Gasteiger partial charge on any atom is 0.393 e.